The maximum absolute atomic E-state index is 4.73. The van der Waals surface area contributed by atoms with E-state index in [2.05, 4.69) is 39.9 Å². The lowest BCUT2D eigenvalue weighted by Gasteiger charge is -2.13. The maximum atomic E-state index is 4.73. The van der Waals surface area contributed by atoms with Crippen LogP contribution in [0.1, 0.15) is 22.4 Å². The van der Waals surface area contributed by atoms with Crippen molar-refractivity contribution in [3.63, 3.8) is 0 Å². The Balaban J connectivity index is 1.87. The minimum absolute atomic E-state index is 0.216. The second-order valence-electron chi connectivity index (χ2n) is 4.83. The van der Waals surface area contributed by atoms with Gasteiger partial charge in [0.25, 0.3) is 0 Å². The Morgan fingerprint density at radius 3 is 2.75 bits per heavy atom. The van der Waals surface area contributed by atoms with Crippen molar-refractivity contribution in [2.45, 2.75) is 19.4 Å². The molecule has 1 aromatic carbocycles. The standard InChI is InChI=1S/C16H17N3S/c1-11-18-16(10-20-11)15(17-2)9-13-8-7-12-5-3-4-6-14(12)19-13/h3-8,10,15,17H,9H2,1-2H3. The Kier molecular flexibility index (Phi) is 3.76. The van der Waals surface area contributed by atoms with E-state index >= 15 is 0 Å². The lowest BCUT2D eigenvalue weighted by atomic mass is 10.1. The van der Waals surface area contributed by atoms with Crippen molar-refractivity contribution in [1.82, 2.24) is 15.3 Å². The van der Waals surface area contributed by atoms with Crippen molar-refractivity contribution in [2.24, 2.45) is 0 Å². The smallest absolute Gasteiger partial charge is 0.0898 e. The summed E-state index contributed by atoms with van der Waals surface area (Å²) < 4.78 is 0. The normalized spacial score (nSPS) is 12.7. The molecule has 0 saturated carbocycles. The first-order chi connectivity index (χ1) is 9.76. The van der Waals surface area contributed by atoms with Gasteiger partial charge in [0.05, 0.1) is 22.3 Å². The molecule has 0 amide bonds. The van der Waals surface area contributed by atoms with Crippen LogP contribution in [0.4, 0.5) is 0 Å². The Morgan fingerprint density at radius 1 is 1.15 bits per heavy atom. The molecule has 0 aliphatic carbocycles. The lowest BCUT2D eigenvalue weighted by molar-refractivity contribution is 0.572. The highest BCUT2D eigenvalue weighted by molar-refractivity contribution is 7.09. The highest BCUT2D eigenvalue weighted by Crippen LogP contribution is 2.21. The minimum Gasteiger partial charge on any atom is -0.311 e. The lowest BCUT2D eigenvalue weighted by Crippen LogP contribution is -2.19. The number of benzene rings is 1. The number of likely N-dealkylation sites (N-methyl/N-ethyl adjacent to an activating group) is 1. The summed E-state index contributed by atoms with van der Waals surface area (Å²) in [6.45, 7) is 2.04. The molecule has 1 atom stereocenters. The van der Waals surface area contributed by atoms with Gasteiger partial charge in [-0.1, -0.05) is 24.3 Å². The monoisotopic (exact) mass is 283 g/mol. The average Bonchev–Trinajstić information content (AvgIpc) is 2.91. The number of hydrogen-bond acceptors (Lipinski definition) is 4. The molecule has 20 heavy (non-hydrogen) atoms. The van der Waals surface area contributed by atoms with Gasteiger partial charge in [-0.3, -0.25) is 4.98 Å². The fraction of sp³-hybridized carbons (Fsp3) is 0.250. The van der Waals surface area contributed by atoms with Crippen LogP contribution in [0, 0.1) is 6.92 Å². The molecular weight excluding hydrogens is 266 g/mol. The van der Waals surface area contributed by atoms with E-state index < -0.39 is 0 Å². The highest BCUT2D eigenvalue weighted by atomic mass is 32.1. The number of thiazole rings is 1. The summed E-state index contributed by atoms with van der Waals surface area (Å²) in [6, 6.07) is 12.7. The molecule has 0 aliphatic rings. The molecule has 102 valence electrons. The Morgan fingerprint density at radius 2 is 2.00 bits per heavy atom. The second-order valence-corrected chi connectivity index (χ2v) is 5.89. The van der Waals surface area contributed by atoms with E-state index in [0.29, 0.717) is 0 Å². The number of aryl methyl sites for hydroxylation is 1. The summed E-state index contributed by atoms with van der Waals surface area (Å²) in [6.07, 6.45) is 0.852. The third kappa shape index (κ3) is 2.71. The van der Waals surface area contributed by atoms with Gasteiger partial charge in [0.1, 0.15) is 0 Å². The summed E-state index contributed by atoms with van der Waals surface area (Å²) in [4.78, 5) is 9.30. The molecule has 4 heteroatoms. The fourth-order valence-electron chi connectivity index (χ4n) is 2.33. The van der Waals surface area contributed by atoms with Crippen molar-refractivity contribution in [2.75, 3.05) is 7.05 Å². The summed E-state index contributed by atoms with van der Waals surface area (Å²) in [5, 5.41) is 7.74. The average molecular weight is 283 g/mol. The molecule has 3 aromatic rings. The van der Waals surface area contributed by atoms with E-state index in [0.717, 1.165) is 28.3 Å². The van der Waals surface area contributed by atoms with Crippen LogP contribution in [-0.2, 0) is 6.42 Å². The first-order valence-corrected chi connectivity index (χ1v) is 7.58. The molecule has 1 unspecified atom stereocenters. The summed E-state index contributed by atoms with van der Waals surface area (Å²) in [5.74, 6) is 0. The van der Waals surface area contributed by atoms with Gasteiger partial charge in [0, 0.05) is 22.9 Å². The fourth-order valence-corrected chi connectivity index (χ4v) is 2.99. The van der Waals surface area contributed by atoms with Crippen LogP contribution in [0.5, 0.6) is 0 Å². The van der Waals surface area contributed by atoms with Gasteiger partial charge >= 0.3 is 0 Å². The van der Waals surface area contributed by atoms with E-state index in [4.69, 9.17) is 4.98 Å². The van der Waals surface area contributed by atoms with Crippen LogP contribution in [0.15, 0.2) is 41.8 Å². The van der Waals surface area contributed by atoms with Crippen LogP contribution < -0.4 is 5.32 Å². The van der Waals surface area contributed by atoms with E-state index in [1.165, 1.54) is 5.39 Å². The predicted molar refractivity (Wildman–Crippen MR) is 84.1 cm³/mol. The predicted octanol–water partition coefficient (Wildman–Crippen LogP) is 3.50. The zero-order chi connectivity index (χ0) is 13.9. The molecule has 0 bridgehead atoms. The van der Waals surface area contributed by atoms with Gasteiger partial charge < -0.3 is 5.32 Å². The Hall–Kier alpha value is -1.78. The molecule has 1 N–H and O–H groups in total. The molecule has 0 aliphatic heterocycles. The quantitative estimate of drug-likeness (QED) is 0.796. The zero-order valence-corrected chi connectivity index (χ0v) is 12.4. The first-order valence-electron chi connectivity index (χ1n) is 6.70. The molecule has 0 spiro atoms. The van der Waals surface area contributed by atoms with Crippen molar-refractivity contribution >= 4 is 22.2 Å². The third-order valence-electron chi connectivity index (χ3n) is 3.41. The van der Waals surface area contributed by atoms with Crippen molar-refractivity contribution in [1.29, 1.82) is 0 Å². The van der Waals surface area contributed by atoms with Gasteiger partial charge in [-0.15, -0.1) is 11.3 Å². The van der Waals surface area contributed by atoms with Gasteiger partial charge in [-0.05, 0) is 26.1 Å². The third-order valence-corrected chi connectivity index (χ3v) is 4.20. The summed E-state index contributed by atoms with van der Waals surface area (Å²) >= 11 is 1.69. The van der Waals surface area contributed by atoms with Gasteiger partial charge in [-0.2, -0.15) is 0 Å². The maximum Gasteiger partial charge on any atom is 0.0898 e. The SMILES string of the molecule is CNC(Cc1ccc2ccccc2n1)c1csc(C)n1. The summed E-state index contributed by atoms with van der Waals surface area (Å²) in [7, 11) is 1.97. The van der Waals surface area contributed by atoms with Crippen molar-refractivity contribution < 1.29 is 0 Å². The Bertz CT molecular complexity index is 720. The number of rotatable bonds is 4. The molecule has 3 rings (SSSR count). The van der Waals surface area contributed by atoms with Crippen molar-refractivity contribution in [3.8, 4) is 0 Å². The van der Waals surface area contributed by atoms with Crippen LogP contribution in [0.25, 0.3) is 10.9 Å². The largest absolute Gasteiger partial charge is 0.311 e. The van der Waals surface area contributed by atoms with Gasteiger partial charge in [-0.25, -0.2) is 4.98 Å². The van der Waals surface area contributed by atoms with Crippen LogP contribution in [-0.4, -0.2) is 17.0 Å². The van der Waals surface area contributed by atoms with Gasteiger partial charge in [0.2, 0.25) is 0 Å². The number of pyridine rings is 1. The van der Waals surface area contributed by atoms with Crippen molar-refractivity contribution in [3.05, 3.63) is 58.2 Å². The number of nitrogens with one attached hydrogen (secondary N) is 1. The topological polar surface area (TPSA) is 37.8 Å². The number of aromatic nitrogens is 2. The Labute approximate surface area is 122 Å². The van der Waals surface area contributed by atoms with E-state index in [9.17, 15) is 0 Å². The van der Waals surface area contributed by atoms with Crippen LogP contribution >= 0.6 is 11.3 Å². The molecule has 2 aromatic heterocycles. The number of para-hydroxylation sites is 1. The zero-order valence-electron chi connectivity index (χ0n) is 11.6. The van der Waals surface area contributed by atoms with E-state index in [1.807, 2.05) is 26.1 Å². The first kappa shape index (κ1) is 13.2. The number of hydrogen-bond donors (Lipinski definition) is 1. The molecule has 0 fully saturated rings. The molecule has 0 saturated heterocycles. The van der Waals surface area contributed by atoms with Crippen LogP contribution in [0.2, 0.25) is 0 Å². The van der Waals surface area contributed by atoms with Crippen LogP contribution in [0.3, 0.4) is 0 Å². The molecular formula is C16H17N3S. The minimum atomic E-state index is 0.216. The summed E-state index contributed by atoms with van der Waals surface area (Å²) in [5.41, 5.74) is 3.24. The molecule has 3 nitrogen and oxygen atoms in total. The molecule has 2 heterocycles. The number of fused-ring (bicyclic) bond motifs is 1. The van der Waals surface area contributed by atoms with E-state index in [-0.39, 0.29) is 6.04 Å². The van der Waals surface area contributed by atoms with E-state index in [1.54, 1.807) is 11.3 Å². The highest BCUT2D eigenvalue weighted by Gasteiger charge is 2.14. The number of nitrogens with zero attached hydrogens (tertiary/aromatic N) is 2. The molecule has 0 radical (unpaired) electrons. The second kappa shape index (κ2) is 5.69. The van der Waals surface area contributed by atoms with Gasteiger partial charge in [0.15, 0.2) is 0 Å².